The number of hydrogen-bond acceptors (Lipinski definition) is 1. The van der Waals surface area contributed by atoms with Gasteiger partial charge in [-0.3, -0.25) is 0 Å². The van der Waals surface area contributed by atoms with Crippen LogP contribution in [-0.4, -0.2) is 12.2 Å². The second kappa shape index (κ2) is 5.42. The number of nitrogens with two attached hydrogens (primary N) is 1. The van der Waals surface area contributed by atoms with Gasteiger partial charge in [-0.2, -0.15) is 0 Å². The van der Waals surface area contributed by atoms with Crippen LogP contribution in [-0.2, 0) is 0 Å². The van der Waals surface area contributed by atoms with Crippen LogP contribution >= 0.6 is 0 Å². The number of hydrogen-bond donors (Lipinski definition) is 1. The second-order valence-electron chi connectivity index (χ2n) is 2.53. The predicted molar refractivity (Wildman–Crippen MR) is 42.6 cm³/mol. The Hall–Kier alpha value is -0.370. The van der Waals surface area contributed by atoms with Crippen molar-refractivity contribution in [2.45, 2.75) is 38.4 Å². The first-order chi connectivity index (χ1) is 4.70. The lowest BCUT2D eigenvalue weighted by Gasteiger charge is -2.10. The second-order valence-corrected chi connectivity index (χ2v) is 2.53. The van der Waals surface area contributed by atoms with Crippen molar-refractivity contribution in [2.24, 2.45) is 5.73 Å². The van der Waals surface area contributed by atoms with Crippen LogP contribution in [0, 0.1) is 0 Å². The highest BCUT2D eigenvalue weighted by atomic mass is 19.1. The average molecular weight is 145 g/mol. The lowest BCUT2D eigenvalue weighted by Crippen LogP contribution is -2.23. The summed E-state index contributed by atoms with van der Waals surface area (Å²) in [6.45, 7) is 5.36. The Labute approximate surface area is 62.1 Å². The molecule has 0 saturated heterocycles. The van der Waals surface area contributed by atoms with Crippen LogP contribution in [0.3, 0.4) is 0 Å². The fraction of sp³-hybridized carbons (Fsp3) is 0.750. The van der Waals surface area contributed by atoms with Gasteiger partial charge in [-0.05, 0) is 19.3 Å². The van der Waals surface area contributed by atoms with Crippen LogP contribution in [0.5, 0.6) is 0 Å². The van der Waals surface area contributed by atoms with E-state index in [0.29, 0.717) is 19.3 Å². The maximum Gasteiger partial charge on any atom is 0.101 e. The minimum Gasteiger partial charge on any atom is -0.327 e. The van der Waals surface area contributed by atoms with E-state index in [0.717, 1.165) is 0 Å². The SMILES string of the molecule is C=CCC(N)CC(F)CC. The lowest BCUT2D eigenvalue weighted by molar-refractivity contribution is 0.287. The van der Waals surface area contributed by atoms with E-state index in [1.54, 1.807) is 6.08 Å². The van der Waals surface area contributed by atoms with Crippen molar-refractivity contribution < 1.29 is 4.39 Å². The first-order valence-electron chi connectivity index (χ1n) is 3.71. The molecule has 0 spiro atoms. The lowest BCUT2D eigenvalue weighted by atomic mass is 10.1. The minimum absolute atomic E-state index is 0.0487. The van der Waals surface area contributed by atoms with Crippen LogP contribution in [0.1, 0.15) is 26.2 Å². The molecule has 0 aromatic rings. The van der Waals surface area contributed by atoms with Gasteiger partial charge in [-0.25, -0.2) is 4.39 Å². The van der Waals surface area contributed by atoms with Crippen molar-refractivity contribution in [2.75, 3.05) is 0 Å². The van der Waals surface area contributed by atoms with Crippen molar-refractivity contribution in [3.8, 4) is 0 Å². The Morgan fingerprint density at radius 3 is 2.70 bits per heavy atom. The molecule has 0 fully saturated rings. The summed E-state index contributed by atoms with van der Waals surface area (Å²) in [5.41, 5.74) is 5.55. The highest BCUT2D eigenvalue weighted by Gasteiger charge is 2.08. The smallest absolute Gasteiger partial charge is 0.101 e. The zero-order valence-corrected chi connectivity index (χ0v) is 6.52. The first-order valence-corrected chi connectivity index (χ1v) is 3.71. The van der Waals surface area contributed by atoms with E-state index in [1.807, 2.05) is 6.92 Å². The maximum atomic E-state index is 12.6. The van der Waals surface area contributed by atoms with Gasteiger partial charge in [0.05, 0.1) is 0 Å². The van der Waals surface area contributed by atoms with Gasteiger partial charge < -0.3 is 5.73 Å². The molecule has 0 bridgehead atoms. The summed E-state index contributed by atoms with van der Waals surface area (Å²) < 4.78 is 12.6. The molecule has 2 N–H and O–H groups in total. The van der Waals surface area contributed by atoms with E-state index in [-0.39, 0.29) is 6.04 Å². The van der Waals surface area contributed by atoms with E-state index in [2.05, 4.69) is 6.58 Å². The summed E-state index contributed by atoms with van der Waals surface area (Å²) in [7, 11) is 0. The summed E-state index contributed by atoms with van der Waals surface area (Å²) in [5, 5.41) is 0. The normalized spacial score (nSPS) is 16.3. The molecule has 0 saturated carbocycles. The molecule has 0 radical (unpaired) electrons. The van der Waals surface area contributed by atoms with Crippen LogP contribution in [0.2, 0.25) is 0 Å². The standard InChI is InChI=1S/C8H16FN/c1-3-5-8(10)6-7(9)4-2/h3,7-8H,1,4-6,10H2,2H3. The van der Waals surface area contributed by atoms with Gasteiger partial charge in [0, 0.05) is 6.04 Å². The van der Waals surface area contributed by atoms with Crippen LogP contribution in [0.15, 0.2) is 12.7 Å². The molecule has 2 unspecified atom stereocenters. The first kappa shape index (κ1) is 9.63. The summed E-state index contributed by atoms with van der Waals surface area (Å²) in [6, 6.07) is -0.0487. The van der Waals surface area contributed by atoms with Crippen molar-refractivity contribution in [1.29, 1.82) is 0 Å². The zero-order chi connectivity index (χ0) is 7.98. The average Bonchev–Trinajstić information content (AvgIpc) is 1.88. The molecule has 0 amide bonds. The molecule has 60 valence electrons. The third kappa shape index (κ3) is 4.50. The van der Waals surface area contributed by atoms with Gasteiger partial charge in [0.1, 0.15) is 6.17 Å². The van der Waals surface area contributed by atoms with E-state index < -0.39 is 6.17 Å². The largest absolute Gasteiger partial charge is 0.327 e. The maximum absolute atomic E-state index is 12.6. The Bertz CT molecular complexity index is 93.3. The van der Waals surface area contributed by atoms with Crippen LogP contribution in [0.4, 0.5) is 4.39 Å². The minimum atomic E-state index is -0.741. The molecule has 0 heterocycles. The molecule has 0 aromatic carbocycles. The highest BCUT2D eigenvalue weighted by molar-refractivity contribution is 4.77. The zero-order valence-electron chi connectivity index (χ0n) is 6.52. The third-order valence-electron chi connectivity index (χ3n) is 1.47. The summed E-state index contributed by atoms with van der Waals surface area (Å²) in [6.07, 6.45) is 2.72. The fourth-order valence-electron chi connectivity index (χ4n) is 0.805. The summed E-state index contributed by atoms with van der Waals surface area (Å²) in [5.74, 6) is 0. The van der Waals surface area contributed by atoms with Crippen LogP contribution in [0.25, 0.3) is 0 Å². The molecule has 0 aliphatic rings. The molecule has 2 heteroatoms. The Balaban J connectivity index is 3.35. The third-order valence-corrected chi connectivity index (χ3v) is 1.47. The molecule has 0 aliphatic heterocycles. The summed E-state index contributed by atoms with van der Waals surface area (Å²) >= 11 is 0. The summed E-state index contributed by atoms with van der Waals surface area (Å²) in [4.78, 5) is 0. The van der Waals surface area contributed by atoms with Gasteiger partial charge in [0.2, 0.25) is 0 Å². The number of alkyl halides is 1. The van der Waals surface area contributed by atoms with Gasteiger partial charge in [-0.15, -0.1) is 6.58 Å². The molecule has 2 atom stereocenters. The molecular weight excluding hydrogens is 129 g/mol. The molecule has 0 aromatic heterocycles. The molecule has 10 heavy (non-hydrogen) atoms. The van der Waals surface area contributed by atoms with E-state index in [9.17, 15) is 4.39 Å². The fourth-order valence-corrected chi connectivity index (χ4v) is 0.805. The Morgan fingerprint density at radius 2 is 2.30 bits per heavy atom. The Kier molecular flexibility index (Phi) is 5.22. The number of rotatable bonds is 5. The van der Waals surface area contributed by atoms with Crippen molar-refractivity contribution in [1.82, 2.24) is 0 Å². The van der Waals surface area contributed by atoms with Crippen LogP contribution < -0.4 is 5.73 Å². The van der Waals surface area contributed by atoms with Crippen molar-refractivity contribution >= 4 is 0 Å². The molecular formula is C8H16FN. The van der Waals surface area contributed by atoms with E-state index in [4.69, 9.17) is 5.73 Å². The highest BCUT2D eigenvalue weighted by Crippen LogP contribution is 2.07. The van der Waals surface area contributed by atoms with Gasteiger partial charge >= 0.3 is 0 Å². The van der Waals surface area contributed by atoms with E-state index in [1.165, 1.54) is 0 Å². The van der Waals surface area contributed by atoms with Gasteiger partial charge in [-0.1, -0.05) is 13.0 Å². The molecule has 0 aliphatic carbocycles. The number of halogens is 1. The van der Waals surface area contributed by atoms with E-state index >= 15 is 0 Å². The van der Waals surface area contributed by atoms with Gasteiger partial charge in [0.25, 0.3) is 0 Å². The quantitative estimate of drug-likeness (QED) is 0.588. The van der Waals surface area contributed by atoms with Gasteiger partial charge in [0.15, 0.2) is 0 Å². The van der Waals surface area contributed by atoms with Crippen molar-refractivity contribution in [3.05, 3.63) is 12.7 Å². The monoisotopic (exact) mass is 145 g/mol. The topological polar surface area (TPSA) is 26.0 Å². The van der Waals surface area contributed by atoms with Crippen molar-refractivity contribution in [3.63, 3.8) is 0 Å². The molecule has 0 rings (SSSR count). The molecule has 1 nitrogen and oxygen atoms in total. The predicted octanol–water partition coefficient (Wildman–Crippen LogP) is 2.03. The Morgan fingerprint density at radius 1 is 1.70 bits per heavy atom.